The van der Waals surface area contributed by atoms with E-state index in [-0.39, 0.29) is 6.04 Å². The van der Waals surface area contributed by atoms with Crippen LogP contribution in [0.1, 0.15) is 24.5 Å². The summed E-state index contributed by atoms with van der Waals surface area (Å²) < 4.78 is 0. The molecule has 0 bridgehead atoms. The number of nitrogens with zero attached hydrogens (tertiary/aromatic N) is 1. The van der Waals surface area contributed by atoms with Crippen molar-refractivity contribution in [2.24, 2.45) is 5.73 Å². The van der Waals surface area contributed by atoms with Gasteiger partial charge in [-0.15, -0.1) is 0 Å². The highest BCUT2D eigenvalue weighted by atomic mass is 32.2. The number of aryl methyl sites for hydroxylation is 1. The Morgan fingerprint density at radius 2 is 2.00 bits per heavy atom. The van der Waals surface area contributed by atoms with Crippen LogP contribution in [0.5, 0.6) is 0 Å². The number of nitrogens with two attached hydrogens (primary N) is 1. The third-order valence-electron chi connectivity index (χ3n) is 3.07. The molecule has 100 valence electrons. The second kappa shape index (κ2) is 6.73. The van der Waals surface area contributed by atoms with E-state index in [1.807, 2.05) is 24.4 Å². The van der Waals surface area contributed by atoms with E-state index in [0.29, 0.717) is 0 Å². The van der Waals surface area contributed by atoms with Gasteiger partial charge in [-0.25, -0.2) is 4.98 Å². The van der Waals surface area contributed by atoms with Crippen LogP contribution in [0, 0.1) is 6.92 Å². The zero-order valence-corrected chi connectivity index (χ0v) is 12.3. The highest BCUT2D eigenvalue weighted by molar-refractivity contribution is 7.99. The fourth-order valence-electron chi connectivity index (χ4n) is 1.89. The summed E-state index contributed by atoms with van der Waals surface area (Å²) in [5.74, 6) is 0. The summed E-state index contributed by atoms with van der Waals surface area (Å²) in [5, 5.41) is 1.07. The molecule has 0 amide bonds. The van der Waals surface area contributed by atoms with Gasteiger partial charge in [0.25, 0.3) is 0 Å². The van der Waals surface area contributed by atoms with Crippen molar-refractivity contribution in [1.29, 1.82) is 0 Å². The molecule has 3 heteroatoms. The quantitative estimate of drug-likeness (QED) is 0.899. The van der Waals surface area contributed by atoms with Gasteiger partial charge in [-0.1, -0.05) is 43.0 Å². The minimum absolute atomic E-state index is 0.230. The summed E-state index contributed by atoms with van der Waals surface area (Å²) in [4.78, 5) is 5.79. The smallest absolute Gasteiger partial charge is 0.104 e. The maximum atomic E-state index is 5.98. The van der Waals surface area contributed by atoms with E-state index < -0.39 is 0 Å². The molecule has 2 N–H and O–H groups in total. The molecule has 2 nitrogen and oxygen atoms in total. The summed E-state index contributed by atoms with van der Waals surface area (Å²) in [5.41, 5.74) is 8.43. The van der Waals surface area contributed by atoms with Crippen molar-refractivity contribution in [3.8, 4) is 0 Å². The van der Waals surface area contributed by atoms with Crippen LogP contribution in [-0.4, -0.2) is 11.0 Å². The number of hydrogen-bond acceptors (Lipinski definition) is 3. The molecule has 1 heterocycles. The van der Waals surface area contributed by atoms with Crippen LogP contribution in [0.3, 0.4) is 0 Å². The first-order valence-corrected chi connectivity index (χ1v) is 7.44. The number of aromatic nitrogens is 1. The molecule has 0 saturated carbocycles. The summed E-state index contributed by atoms with van der Waals surface area (Å²) in [6, 6.07) is 12.8. The van der Waals surface area contributed by atoms with Gasteiger partial charge in [-0.05, 0) is 43.0 Å². The SMILES string of the molecule is CCC(N)Cc1cnc(Sc2ccccc2)c(C)c1. The van der Waals surface area contributed by atoms with Crippen LogP contribution in [0.2, 0.25) is 0 Å². The van der Waals surface area contributed by atoms with E-state index in [1.54, 1.807) is 11.8 Å². The molecule has 1 unspecified atom stereocenters. The molecule has 0 aliphatic carbocycles. The molecular weight excluding hydrogens is 252 g/mol. The van der Waals surface area contributed by atoms with Crippen molar-refractivity contribution in [1.82, 2.24) is 4.98 Å². The van der Waals surface area contributed by atoms with Crippen LogP contribution in [0.4, 0.5) is 0 Å². The molecule has 2 rings (SSSR count). The highest BCUT2D eigenvalue weighted by Crippen LogP contribution is 2.28. The largest absolute Gasteiger partial charge is 0.327 e. The van der Waals surface area contributed by atoms with Gasteiger partial charge >= 0.3 is 0 Å². The lowest BCUT2D eigenvalue weighted by Crippen LogP contribution is -2.21. The van der Waals surface area contributed by atoms with Crippen molar-refractivity contribution in [3.63, 3.8) is 0 Å². The van der Waals surface area contributed by atoms with E-state index in [4.69, 9.17) is 5.73 Å². The summed E-state index contributed by atoms with van der Waals surface area (Å²) in [7, 11) is 0. The molecule has 0 fully saturated rings. The Morgan fingerprint density at radius 3 is 2.63 bits per heavy atom. The Balaban J connectivity index is 2.11. The molecule has 0 aliphatic rings. The van der Waals surface area contributed by atoms with Crippen LogP contribution in [0.15, 0.2) is 52.5 Å². The van der Waals surface area contributed by atoms with Gasteiger partial charge in [0.15, 0.2) is 0 Å². The summed E-state index contributed by atoms with van der Waals surface area (Å²) in [6.45, 7) is 4.23. The lowest BCUT2D eigenvalue weighted by molar-refractivity contribution is 0.644. The van der Waals surface area contributed by atoms with Gasteiger partial charge < -0.3 is 5.73 Å². The third-order valence-corrected chi connectivity index (χ3v) is 4.20. The number of pyridine rings is 1. The lowest BCUT2D eigenvalue weighted by atomic mass is 10.1. The molecule has 0 radical (unpaired) electrons. The van der Waals surface area contributed by atoms with Crippen molar-refractivity contribution in [2.75, 3.05) is 0 Å². The Bertz CT molecular complexity index is 526. The first-order chi connectivity index (χ1) is 9.19. The van der Waals surface area contributed by atoms with E-state index in [9.17, 15) is 0 Å². The number of hydrogen-bond donors (Lipinski definition) is 1. The fraction of sp³-hybridized carbons (Fsp3) is 0.312. The van der Waals surface area contributed by atoms with Gasteiger partial charge in [0, 0.05) is 17.1 Å². The Kier molecular flexibility index (Phi) is 5.00. The summed E-state index contributed by atoms with van der Waals surface area (Å²) >= 11 is 1.71. The highest BCUT2D eigenvalue weighted by Gasteiger charge is 2.06. The standard InChI is InChI=1S/C16H20N2S/c1-3-14(17)10-13-9-12(2)16(18-11-13)19-15-7-5-4-6-8-15/h4-9,11,14H,3,10,17H2,1-2H3. The number of benzene rings is 1. The second-order valence-corrected chi connectivity index (χ2v) is 5.82. The molecular formula is C16H20N2S. The topological polar surface area (TPSA) is 38.9 Å². The molecule has 1 atom stereocenters. The predicted molar refractivity (Wildman–Crippen MR) is 81.5 cm³/mol. The number of rotatable bonds is 5. The zero-order valence-electron chi connectivity index (χ0n) is 11.5. The second-order valence-electron chi connectivity index (χ2n) is 4.75. The minimum atomic E-state index is 0.230. The van der Waals surface area contributed by atoms with Crippen LogP contribution < -0.4 is 5.73 Å². The minimum Gasteiger partial charge on any atom is -0.327 e. The Morgan fingerprint density at radius 1 is 1.26 bits per heavy atom. The average Bonchev–Trinajstić information content (AvgIpc) is 2.43. The maximum Gasteiger partial charge on any atom is 0.104 e. The third kappa shape index (κ3) is 4.08. The molecule has 19 heavy (non-hydrogen) atoms. The Labute approximate surface area is 119 Å². The fourth-order valence-corrected chi connectivity index (χ4v) is 2.73. The van der Waals surface area contributed by atoms with Gasteiger partial charge in [-0.3, -0.25) is 0 Å². The first-order valence-electron chi connectivity index (χ1n) is 6.63. The zero-order chi connectivity index (χ0) is 13.7. The van der Waals surface area contributed by atoms with Crippen LogP contribution >= 0.6 is 11.8 Å². The predicted octanol–water partition coefficient (Wildman–Crippen LogP) is 3.82. The van der Waals surface area contributed by atoms with Gasteiger partial charge in [0.2, 0.25) is 0 Å². The van der Waals surface area contributed by atoms with E-state index in [1.165, 1.54) is 16.0 Å². The molecule has 0 aliphatic heterocycles. The van der Waals surface area contributed by atoms with Gasteiger partial charge in [-0.2, -0.15) is 0 Å². The van der Waals surface area contributed by atoms with Crippen molar-refractivity contribution in [3.05, 3.63) is 53.7 Å². The van der Waals surface area contributed by atoms with E-state index in [0.717, 1.165) is 17.9 Å². The van der Waals surface area contributed by atoms with E-state index >= 15 is 0 Å². The lowest BCUT2D eigenvalue weighted by Gasteiger charge is -2.10. The first kappa shape index (κ1) is 14.1. The molecule has 2 aromatic rings. The van der Waals surface area contributed by atoms with Gasteiger partial charge in [0.05, 0.1) is 0 Å². The summed E-state index contributed by atoms with van der Waals surface area (Å²) in [6.07, 6.45) is 3.86. The maximum absolute atomic E-state index is 5.98. The van der Waals surface area contributed by atoms with Crippen molar-refractivity contribution in [2.45, 2.75) is 42.7 Å². The monoisotopic (exact) mass is 272 g/mol. The molecule has 1 aromatic carbocycles. The van der Waals surface area contributed by atoms with Crippen LogP contribution in [-0.2, 0) is 6.42 Å². The van der Waals surface area contributed by atoms with Crippen molar-refractivity contribution >= 4 is 11.8 Å². The van der Waals surface area contributed by atoms with Crippen LogP contribution in [0.25, 0.3) is 0 Å². The molecule has 0 spiro atoms. The average molecular weight is 272 g/mol. The Hall–Kier alpha value is -1.32. The normalized spacial score (nSPS) is 12.4. The molecule has 0 saturated heterocycles. The molecule has 1 aromatic heterocycles. The van der Waals surface area contributed by atoms with E-state index in [2.05, 4.69) is 37.0 Å². The van der Waals surface area contributed by atoms with Gasteiger partial charge in [0.1, 0.15) is 5.03 Å². The van der Waals surface area contributed by atoms with Crippen molar-refractivity contribution < 1.29 is 0 Å².